The van der Waals surface area contributed by atoms with Crippen molar-refractivity contribution in [3.05, 3.63) is 180 Å². The minimum Gasteiger partial charge on any atom is -0.477 e. The Balaban J connectivity index is 0.000000169. The summed E-state index contributed by atoms with van der Waals surface area (Å²) in [4.78, 5) is 85.7. The van der Waals surface area contributed by atoms with Crippen LogP contribution in [-0.2, 0) is 52.9 Å². The third kappa shape index (κ3) is 19.7. The third-order valence-corrected chi connectivity index (χ3v) is 17.0. The molecule has 490 valence electrons. The maximum atomic E-state index is 13.0. The second-order valence-electron chi connectivity index (χ2n) is 25.2. The van der Waals surface area contributed by atoms with Crippen LogP contribution < -0.4 is 31.9 Å². The number of nitrogens with two attached hydrogens (primary N) is 1. The number of hydrogen-bond donors (Lipinski definition) is 6. The first-order valence-corrected chi connectivity index (χ1v) is 32.2. The van der Waals surface area contributed by atoms with Gasteiger partial charge in [0.1, 0.15) is 39.6 Å². The molecule has 0 aliphatic carbocycles. The number of aliphatic carboxylic acids is 1. The van der Waals surface area contributed by atoms with Gasteiger partial charge in [0, 0.05) is 103 Å². The molecule has 0 bridgehead atoms. The molecule has 0 unspecified atom stereocenters. The van der Waals surface area contributed by atoms with Crippen molar-refractivity contribution >= 4 is 64.1 Å². The van der Waals surface area contributed by atoms with Crippen LogP contribution in [0.2, 0.25) is 0 Å². The summed E-state index contributed by atoms with van der Waals surface area (Å²) in [5.74, 6) is -0.800. The number of anilines is 3. The monoisotopic (exact) mass is 1270 g/mol. The van der Waals surface area contributed by atoms with Gasteiger partial charge in [-0.1, -0.05) is 156 Å². The van der Waals surface area contributed by atoms with Gasteiger partial charge in [0.05, 0.1) is 16.9 Å². The molecule has 4 amide bonds. The summed E-state index contributed by atoms with van der Waals surface area (Å²) in [5.41, 5.74) is 12.7. The standard InChI is InChI=1S/C34H34N6O3.C16H21N3O2.C13H20N2O5.C9H12/c35-28-13-11-26(25-9-5-2-6-10-25)21-29(28)38-32(41)27-12-14-31(37-23-27)40-19-16-34(17-20-40)22-30(39-43-34)33(42)36-18-15-24-7-3-1-4-8-24;20-15(18-9-6-13-4-2-1-3-5-13)14-12-16(21-19-14)7-10-17-11-8-16;1-12(2,3)19-11(18)15-6-4-13(5-7-15)8-9(10(16)17)14-20-13;1-2-6-9-7-4-3-5-8-9/h1-14,21,23H,15-20,22,35H2,(H,36,42)(H,38,41);1-5,17H,6-12H2,(H,18,20);4-8H2,1-3H3,(H,16,17);3-5,7-8H,2,6H2,1H3. The van der Waals surface area contributed by atoms with Gasteiger partial charge in [-0.3, -0.25) is 14.4 Å². The number of benzene rings is 5. The van der Waals surface area contributed by atoms with E-state index in [0.29, 0.717) is 99.7 Å². The van der Waals surface area contributed by atoms with E-state index >= 15 is 0 Å². The first kappa shape index (κ1) is 67.8. The molecule has 21 nitrogen and oxygen atoms in total. The van der Waals surface area contributed by atoms with Crippen molar-refractivity contribution in [3.8, 4) is 11.1 Å². The van der Waals surface area contributed by atoms with Crippen molar-refractivity contribution in [2.75, 3.05) is 68.3 Å². The topological polar surface area (TPSA) is 273 Å². The maximum absolute atomic E-state index is 13.0. The van der Waals surface area contributed by atoms with Crippen LogP contribution in [0.5, 0.6) is 0 Å². The smallest absolute Gasteiger partial charge is 0.410 e. The number of pyridine rings is 1. The van der Waals surface area contributed by atoms with Gasteiger partial charge in [0.25, 0.3) is 17.7 Å². The number of aryl methyl sites for hydroxylation is 1. The molecule has 7 N–H and O–H groups in total. The number of piperidine rings is 3. The molecular weight excluding hydrogens is 1180 g/mol. The minimum absolute atomic E-state index is 0.0516. The highest BCUT2D eigenvalue weighted by atomic mass is 16.7. The number of carbonyl (C=O) groups excluding carboxylic acids is 4. The molecule has 0 saturated carbocycles. The Kier molecular flexibility index (Phi) is 23.4. The van der Waals surface area contributed by atoms with Crippen LogP contribution in [0.3, 0.4) is 0 Å². The summed E-state index contributed by atoms with van der Waals surface area (Å²) in [5, 5.41) is 32.8. The van der Waals surface area contributed by atoms with E-state index in [9.17, 15) is 24.0 Å². The molecule has 3 fully saturated rings. The number of aromatic nitrogens is 1. The largest absolute Gasteiger partial charge is 0.477 e. The summed E-state index contributed by atoms with van der Waals surface area (Å²) < 4.78 is 5.31. The Labute approximate surface area is 544 Å². The zero-order chi connectivity index (χ0) is 65.7. The predicted octanol–water partition coefficient (Wildman–Crippen LogP) is 10.6. The van der Waals surface area contributed by atoms with Gasteiger partial charge < -0.3 is 61.2 Å². The van der Waals surface area contributed by atoms with Gasteiger partial charge in [0.15, 0.2) is 5.71 Å². The molecular formula is C72H87N11O10. The van der Waals surface area contributed by atoms with Crippen LogP contribution in [-0.4, -0.2) is 137 Å². The number of likely N-dealkylation sites (tertiary alicyclic amines) is 1. The van der Waals surface area contributed by atoms with Crippen molar-refractivity contribution in [2.45, 2.75) is 134 Å². The Bertz CT molecular complexity index is 3540. The van der Waals surface area contributed by atoms with Gasteiger partial charge >= 0.3 is 12.1 Å². The van der Waals surface area contributed by atoms with Crippen molar-refractivity contribution in [3.63, 3.8) is 0 Å². The van der Waals surface area contributed by atoms with Crippen molar-refractivity contribution in [2.24, 2.45) is 15.5 Å². The minimum atomic E-state index is -1.04. The van der Waals surface area contributed by atoms with E-state index in [4.69, 9.17) is 30.1 Å². The zero-order valence-corrected chi connectivity index (χ0v) is 53.7. The normalized spacial score (nSPS) is 17.1. The number of rotatable bonds is 15. The second-order valence-corrected chi connectivity index (χ2v) is 25.2. The van der Waals surface area contributed by atoms with E-state index in [1.165, 1.54) is 29.5 Å². The summed E-state index contributed by atoms with van der Waals surface area (Å²) >= 11 is 0. The van der Waals surface area contributed by atoms with Crippen molar-refractivity contribution < 1.29 is 48.3 Å². The van der Waals surface area contributed by atoms with Crippen molar-refractivity contribution in [1.29, 1.82) is 0 Å². The highest BCUT2D eigenvalue weighted by Crippen LogP contribution is 2.38. The summed E-state index contributed by atoms with van der Waals surface area (Å²) in [6.45, 7) is 13.1. The maximum Gasteiger partial charge on any atom is 0.410 e. The number of carboxylic acid groups (broad SMARTS) is 1. The Hall–Kier alpha value is -9.63. The van der Waals surface area contributed by atoms with Crippen LogP contribution in [0, 0.1) is 0 Å². The molecule has 12 rings (SSSR count). The van der Waals surface area contributed by atoms with Crippen LogP contribution in [0.25, 0.3) is 11.1 Å². The van der Waals surface area contributed by atoms with Gasteiger partial charge in [-0.05, 0) is 105 Å². The fraction of sp³-hybridized carbons (Fsp3) is 0.403. The molecule has 7 heterocycles. The number of carboxylic acids is 1. The number of carbonyl (C=O) groups is 5. The fourth-order valence-corrected chi connectivity index (χ4v) is 11.6. The van der Waals surface area contributed by atoms with E-state index in [2.05, 4.69) is 96.0 Å². The van der Waals surface area contributed by atoms with Gasteiger partial charge in [-0.15, -0.1) is 0 Å². The number of hydrogen-bond acceptors (Lipinski definition) is 16. The number of nitrogen functional groups attached to an aromatic ring is 1. The van der Waals surface area contributed by atoms with Crippen LogP contribution in [0.15, 0.2) is 173 Å². The number of amides is 4. The van der Waals surface area contributed by atoms with Crippen LogP contribution in [0.4, 0.5) is 22.0 Å². The number of ether oxygens (including phenoxy) is 1. The van der Waals surface area contributed by atoms with Gasteiger partial charge in [-0.25, -0.2) is 14.6 Å². The lowest BCUT2D eigenvalue weighted by atomic mass is 9.86. The summed E-state index contributed by atoms with van der Waals surface area (Å²) in [7, 11) is 0. The predicted molar refractivity (Wildman–Crippen MR) is 361 cm³/mol. The first-order chi connectivity index (χ1) is 44.9. The highest BCUT2D eigenvalue weighted by molar-refractivity contribution is 6.39. The molecule has 6 aliphatic heterocycles. The lowest BCUT2D eigenvalue weighted by Gasteiger charge is -2.37. The molecule has 6 aromatic rings. The lowest BCUT2D eigenvalue weighted by molar-refractivity contribution is -0.129. The lowest BCUT2D eigenvalue weighted by Crippen LogP contribution is -2.48. The molecule has 1 aromatic heterocycles. The number of nitrogens with one attached hydrogen (secondary N) is 4. The molecule has 93 heavy (non-hydrogen) atoms. The molecule has 0 radical (unpaired) electrons. The molecule has 6 aliphatic rings. The molecule has 0 atom stereocenters. The van der Waals surface area contributed by atoms with E-state index < -0.39 is 22.8 Å². The van der Waals surface area contributed by atoms with Crippen molar-refractivity contribution in [1.82, 2.24) is 25.8 Å². The molecule has 5 aromatic carbocycles. The van der Waals surface area contributed by atoms with E-state index in [1.807, 2.05) is 118 Å². The Morgan fingerprint density at radius 3 is 1.53 bits per heavy atom. The number of nitrogens with zero attached hydrogens (tertiary/aromatic N) is 6. The summed E-state index contributed by atoms with van der Waals surface area (Å²) in [6, 6.07) is 49.9. The van der Waals surface area contributed by atoms with E-state index in [1.54, 1.807) is 23.2 Å². The van der Waals surface area contributed by atoms with E-state index in [-0.39, 0.29) is 35.1 Å². The SMILES string of the molecule is CC(C)(C)OC(=O)N1CCC2(CC1)CC(C(=O)O)=NO2.CCCc1ccccc1.Nc1ccc(-c2ccccc2)cc1NC(=O)c1ccc(N2CCC3(CC2)CC(C(=O)NCCc2ccccc2)=NO3)nc1.O=C(NCCc1ccccc1)C1=NOC2(CCNCC2)C1. The van der Waals surface area contributed by atoms with Crippen LogP contribution in [0.1, 0.15) is 119 Å². The first-order valence-electron chi connectivity index (χ1n) is 32.2. The number of oxime groups is 3. The quantitative estimate of drug-likeness (QED) is 0.0522. The Morgan fingerprint density at radius 1 is 0.581 bits per heavy atom. The molecule has 21 heteroatoms. The van der Waals surface area contributed by atoms with E-state index in [0.717, 1.165) is 68.6 Å². The second kappa shape index (κ2) is 32.1. The Morgan fingerprint density at radius 2 is 1.05 bits per heavy atom. The van der Waals surface area contributed by atoms with Gasteiger partial charge in [0.2, 0.25) is 0 Å². The third-order valence-electron chi connectivity index (χ3n) is 17.0. The fourth-order valence-electron chi connectivity index (χ4n) is 11.6. The van der Waals surface area contributed by atoms with Gasteiger partial charge in [-0.2, -0.15) is 0 Å². The zero-order valence-electron chi connectivity index (χ0n) is 53.7. The summed E-state index contributed by atoms with van der Waals surface area (Å²) in [6.07, 6.45) is 11.1. The van der Waals surface area contributed by atoms with Crippen LogP contribution >= 0.6 is 0 Å². The highest BCUT2D eigenvalue weighted by Gasteiger charge is 2.46. The average Bonchev–Trinajstić information content (AvgIpc) is 1.87. The molecule has 3 spiro atoms. The molecule has 3 saturated heterocycles. The average molecular weight is 1270 g/mol.